The van der Waals surface area contributed by atoms with Crippen molar-refractivity contribution in [3.05, 3.63) is 22.1 Å². The second kappa shape index (κ2) is 4.34. The molecule has 0 heterocycles. The number of rotatable bonds is 3. The van der Waals surface area contributed by atoms with Crippen LogP contribution in [0.3, 0.4) is 0 Å². The number of halogens is 2. The highest BCUT2D eigenvalue weighted by atomic mass is 35.7. The van der Waals surface area contributed by atoms with Gasteiger partial charge in [0.05, 0.1) is 7.11 Å². The van der Waals surface area contributed by atoms with E-state index in [1.54, 1.807) is 0 Å². The van der Waals surface area contributed by atoms with E-state index >= 15 is 0 Å². The third-order valence-electron chi connectivity index (χ3n) is 1.57. The van der Waals surface area contributed by atoms with Crippen LogP contribution in [0.2, 0.25) is 5.02 Å². The highest BCUT2D eigenvalue weighted by molar-refractivity contribution is 8.13. The van der Waals surface area contributed by atoms with Gasteiger partial charge >= 0.3 is 0 Å². The molecule has 0 aliphatic rings. The van der Waals surface area contributed by atoms with Crippen LogP contribution < -0.4 is 4.74 Å². The molecule has 0 radical (unpaired) electrons. The molecule has 8 heteroatoms. The summed E-state index contributed by atoms with van der Waals surface area (Å²) in [5.74, 6) is -0.218. The first-order valence-electron chi connectivity index (χ1n) is 3.55. The van der Waals surface area contributed by atoms with Crippen molar-refractivity contribution in [1.29, 1.82) is 0 Å². The molecule has 1 aromatic rings. The Morgan fingerprint density at radius 3 is 2.40 bits per heavy atom. The molecule has 0 N–H and O–H groups in total. The minimum atomic E-state index is -4.04. The van der Waals surface area contributed by atoms with Gasteiger partial charge in [0.15, 0.2) is 11.4 Å². The summed E-state index contributed by atoms with van der Waals surface area (Å²) in [6.45, 7) is 0. The zero-order valence-corrected chi connectivity index (χ0v) is 9.73. The molecule has 82 valence electrons. The van der Waals surface area contributed by atoms with E-state index in [1.165, 1.54) is 13.2 Å². The van der Waals surface area contributed by atoms with Crippen molar-refractivity contribution in [2.45, 2.75) is 4.90 Å². The molecular formula is C7H5Cl2NO4S. The fraction of sp³-hybridized carbons (Fsp3) is 0.143. The summed E-state index contributed by atoms with van der Waals surface area (Å²) in [6.07, 6.45) is 0. The van der Waals surface area contributed by atoms with Crippen molar-refractivity contribution in [3.63, 3.8) is 0 Å². The first-order chi connectivity index (χ1) is 6.90. The molecule has 0 amide bonds. The number of methoxy groups -OCH3 is 1. The molecule has 0 aliphatic carbocycles. The van der Waals surface area contributed by atoms with E-state index in [4.69, 9.17) is 27.0 Å². The minimum absolute atomic E-state index is 0.0321. The predicted molar refractivity (Wildman–Crippen MR) is 56.5 cm³/mol. The number of ether oxygens (including phenoxy) is 1. The Balaban J connectivity index is 3.64. The Hall–Kier alpha value is -0.850. The Bertz CT molecular complexity index is 500. The zero-order valence-electron chi connectivity index (χ0n) is 7.40. The third kappa shape index (κ3) is 2.58. The summed E-state index contributed by atoms with van der Waals surface area (Å²) in [7, 11) is 2.29. The van der Waals surface area contributed by atoms with Crippen LogP contribution in [-0.2, 0) is 9.05 Å². The highest BCUT2D eigenvalue weighted by Gasteiger charge is 2.21. The lowest BCUT2D eigenvalue weighted by Crippen LogP contribution is -1.96. The molecule has 0 aliphatic heterocycles. The van der Waals surface area contributed by atoms with Crippen molar-refractivity contribution in [1.82, 2.24) is 0 Å². The maximum Gasteiger partial charge on any atom is 0.265 e. The SMILES string of the molecule is COc1c(N=O)cc(Cl)cc1S(=O)(=O)Cl. The van der Waals surface area contributed by atoms with Gasteiger partial charge < -0.3 is 4.74 Å². The van der Waals surface area contributed by atoms with E-state index in [2.05, 4.69) is 5.18 Å². The molecule has 0 spiro atoms. The monoisotopic (exact) mass is 269 g/mol. The van der Waals surface area contributed by atoms with E-state index in [0.29, 0.717) is 0 Å². The van der Waals surface area contributed by atoms with Crippen LogP contribution in [0.25, 0.3) is 0 Å². The second-order valence-electron chi connectivity index (χ2n) is 2.49. The van der Waals surface area contributed by atoms with E-state index in [9.17, 15) is 13.3 Å². The van der Waals surface area contributed by atoms with Gasteiger partial charge in [0.2, 0.25) is 0 Å². The summed E-state index contributed by atoms with van der Waals surface area (Å²) in [4.78, 5) is 10.0. The van der Waals surface area contributed by atoms with E-state index in [-0.39, 0.29) is 21.4 Å². The molecule has 0 fully saturated rings. The molecule has 0 aromatic heterocycles. The van der Waals surface area contributed by atoms with Gasteiger partial charge in [-0.2, -0.15) is 0 Å². The summed E-state index contributed by atoms with van der Waals surface area (Å²) < 4.78 is 27.0. The largest absolute Gasteiger partial charge is 0.493 e. The molecule has 0 saturated carbocycles. The van der Waals surface area contributed by atoms with Gasteiger partial charge in [-0.05, 0) is 17.3 Å². The molecule has 0 bridgehead atoms. The Morgan fingerprint density at radius 2 is 2.00 bits per heavy atom. The topological polar surface area (TPSA) is 72.8 Å². The lowest BCUT2D eigenvalue weighted by atomic mass is 10.3. The maximum absolute atomic E-state index is 11.1. The Morgan fingerprint density at radius 1 is 1.40 bits per heavy atom. The smallest absolute Gasteiger partial charge is 0.265 e. The van der Waals surface area contributed by atoms with E-state index in [0.717, 1.165) is 6.07 Å². The summed E-state index contributed by atoms with van der Waals surface area (Å²) in [5, 5.41) is 2.63. The Labute approximate surface area is 95.3 Å². The zero-order chi connectivity index (χ0) is 11.6. The van der Waals surface area contributed by atoms with Crippen LogP contribution in [0.15, 0.2) is 22.2 Å². The lowest BCUT2D eigenvalue weighted by Gasteiger charge is -2.07. The summed E-state index contributed by atoms with van der Waals surface area (Å²) in [6, 6.07) is 2.26. The molecule has 15 heavy (non-hydrogen) atoms. The van der Waals surface area contributed by atoms with Gasteiger partial charge in [0.1, 0.15) is 4.90 Å². The van der Waals surface area contributed by atoms with Crippen LogP contribution in [0.5, 0.6) is 5.75 Å². The number of nitroso groups, excluding NO2 is 1. The van der Waals surface area contributed by atoms with Gasteiger partial charge in [0, 0.05) is 15.7 Å². The van der Waals surface area contributed by atoms with Gasteiger partial charge in [0.25, 0.3) is 9.05 Å². The Kier molecular flexibility index (Phi) is 3.54. The molecule has 0 saturated heterocycles. The summed E-state index contributed by atoms with van der Waals surface area (Å²) >= 11 is 5.59. The van der Waals surface area contributed by atoms with Gasteiger partial charge in [-0.25, -0.2) is 8.42 Å². The van der Waals surface area contributed by atoms with Crippen molar-refractivity contribution >= 4 is 37.0 Å². The normalized spacial score (nSPS) is 11.1. The minimum Gasteiger partial charge on any atom is -0.493 e. The fourth-order valence-corrected chi connectivity index (χ4v) is 2.31. The van der Waals surface area contributed by atoms with E-state index in [1.807, 2.05) is 0 Å². The highest BCUT2D eigenvalue weighted by Crippen LogP contribution is 2.38. The summed E-state index contributed by atoms with van der Waals surface area (Å²) in [5.41, 5.74) is -0.218. The first-order valence-corrected chi connectivity index (χ1v) is 6.24. The van der Waals surface area contributed by atoms with Gasteiger partial charge in [-0.15, -0.1) is 4.91 Å². The maximum atomic E-state index is 11.1. The number of hydrogen-bond donors (Lipinski definition) is 0. The third-order valence-corrected chi connectivity index (χ3v) is 3.11. The quantitative estimate of drug-likeness (QED) is 0.625. The lowest BCUT2D eigenvalue weighted by molar-refractivity contribution is 0.404. The van der Waals surface area contributed by atoms with Crippen LogP contribution in [0.4, 0.5) is 5.69 Å². The fourth-order valence-electron chi connectivity index (χ4n) is 1.01. The second-order valence-corrected chi connectivity index (χ2v) is 5.46. The molecular weight excluding hydrogens is 265 g/mol. The first kappa shape index (κ1) is 12.2. The van der Waals surface area contributed by atoms with Crippen LogP contribution in [0, 0.1) is 4.91 Å². The van der Waals surface area contributed by atoms with Crippen LogP contribution >= 0.6 is 22.3 Å². The van der Waals surface area contributed by atoms with Gasteiger partial charge in [-0.3, -0.25) is 0 Å². The number of benzene rings is 1. The van der Waals surface area contributed by atoms with E-state index < -0.39 is 9.05 Å². The van der Waals surface area contributed by atoms with Crippen molar-refractivity contribution in [2.24, 2.45) is 5.18 Å². The molecule has 0 atom stereocenters. The number of nitrogens with zero attached hydrogens (tertiary/aromatic N) is 1. The average molecular weight is 270 g/mol. The average Bonchev–Trinajstić information content (AvgIpc) is 2.15. The molecule has 1 aromatic carbocycles. The standard InChI is InChI=1S/C7H5Cl2NO4S/c1-14-7-5(10-11)2-4(8)3-6(7)15(9,12)13/h2-3H,1H3. The van der Waals surface area contributed by atoms with Crippen molar-refractivity contribution in [2.75, 3.05) is 7.11 Å². The van der Waals surface area contributed by atoms with Crippen LogP contribution in [-0.4, -0.2) is 15.5 Å². The van der Waals surface area contributed by atoms with Crippen LogP contribution in [0.1, 0.15) is 0 Å². The number of hydrogen-bond acceptors (Lipinski definition) is 5. The van der Waals surface area contributed by atoms with Gasteiger partial charge in [-0.1, -0.05) is 11.6 Å². The molecule has 5 nitrogen and oxygen atoms in total. The predicted octanol–water partition coefficient (Wildman–Crippen LogP) is 2.67. The molecule has 1 rings (SSSR count). The van der Waals surface area contributed by atoms with Crippen molar-refractivity contribution in [3.8, 4) is 5.75 Å². The molecule has 0 unspecified atom stereocenters. The van der Waals surface area contributed by atoms with Crippen molar-refractivity contribution < 1.29 is 13.2 Å².